The number of aryl methyl sites for hydroxylation is 3. The van der Waals surface area contributed by atoms with Gasteiger partial charge in [-0.25, -0.2) is 4.98 Å². The largest absolute Gasteiger partial charge is 0.383 e. The summed E-state index contributed by atoms with van der Waals surface area (Å²) in [6, 6.07) is 4.79. The quantitative estimate of drug-likeness (QED) is 0.900. The standard InChI is InChI=1S/C18H25N3/c1-10(2)21-17(19)16(20-18(21)14-6-7-14)15-12(4)8-11(3)9-13(15)5/h8-10,14H,6-7,19H2,1-5H3. The first-order chi connectivity index (χ1) is 9.90. The molecule has 1 saturated carbocycles. The Labute approximate surface area is 127 Å². The summed E-state index contributed by atoms with van der Waals surface area (Å²) in [5.41, 5.74) is 12.5. The molecule has 1 aliphatic rings. The Hall–Kier alpha value is -1.77. The normalized spacial score (nSPS) is 15.0. The number of anilines is 1. The van der Waals surface area contributed by atoms with E-state index in [4.69, 9.17) is 10.7 Å². The maximum absolute atomic E-state index is 6.48. The number of nitrogens with zero attached hydrogens (tertiary/aromatic N) is 2. The predicted molar refractivity (Wildman–Crippen MR) is 88.6 cm³/mol. The lowest BCUT2D eigenvalue weighted by Crippen LogP contribution is -2.09. The maximum Gasteiger partial charge on any atom is 0.132 e. The van der Waals surface area contributed by atoms with Crippen LogP contribution in [0.3, 0.4) is 0 Å². The van der Waals surface area contributed by atoms with E-state index in [0.29, 0.717) is 12.0 Å². The first-order valence-corrected chi connectivity index (χ1v) is 7.86. The van der Waals surface area contributed by atoms with E-state index in [9.17, 15) is 0 Å². The Balaban J connectivity index is 2.22. The second kappa shape index (κ2) is 4.90. The number of rotatable bonds is 3. The summed E-state index contributed by atoms with van der Waals surface area (Å²) in [5, 5.41) is 0. The van der Waals surface area contributed by atoms with Crippen molar-refractivity contribution in [2.75, 3.05) is 5.73 Å². The van der Waals surface area contributed by atoms with Crippen LogP contribution >= 0.6 is 0 Å². The molecule has 1 fully saturated rings. The van der Waals surface area contributed by atoms with Crippen LogP contribution in [0.2, 0.25) is 0 Å². The van der Waals surface area contributed by atoms with Crippen LogP contribution in [0.15, 0.2) is 12.1 Å². The smallest absolute Gasteiger partial charge is 0.132 e. The zero-order valence-corrected chi connectivity index (χ0v) is 13.7. The van der Waals surface area contributed by atoms with Crippen LogP contribution < -0.4 is 5.73 Å². The van der Waals surface area contributed by atoms with Crippen molar-refractivity contribution in [1.82, 2.24) is 9.55 Å². The van der Waals surface area contributed by atoms with E-state index in [1.54, 1.807) is 0 Å². The number of nitrogen functional groups attached to an aromatic ring is 1. The Morgan fingerprint density at radius 1 is 1.14 bits per heavy atom. The molecule has 0 radical (unpaired) electrons. The third kappa shape index (κ3) is 2.35. The fraction of sp³-hybridized carbons (Fsp3) is 0.500. The summed E-state index contributed by atoms with van der Waals surface area (Å²) in [4.78, 5) is 4.95. The topological polar surface area (TPSA) is 43.8 Å². The van der Waals surface area contributed by atoms with Crippen molar-refractivity contribution in [3.63, 3.8) is 0 Å². The zero-order chi connectivity index (χ0) is 15.3. The second-order valence-electron chi connectivity index (χ2n) is 6.72. The summed E-state index contributed by atoms with van der Waals surface area (Å²) in [6.07, 6.45) is 2.49. The Morgan fingerprint density at radius 3 is 2.19 bits per heavy atom. The van der Waals surface area contributed by atoms with E-state index in [0.717, 1.165) is 11.5 Å². The molecule has 1 aliphatic carbocycles. The number of benzene rings is 1. The second-order valence-corrected chi connectivity index (χ2v) is 6.72. The molecule has 2 aromatic rings. The Kier molecular flexibility index (Phi) is 3.31. The van der Waals surface area contributed by atoms with Crippen molar-refractivity contribution in [1.29, 1.82) is 0 Å². The van der Waals surface area contributed by atoms with Gasteiger partial charge in [-0.05, 0) is 58.6 Å². The van der Waals surface area contributed by atoms with Gasteiger partial charge in [0.05, 0.1) is 0 Å². The van der Waals surface area contributed by atoms with Gasteiger partial charge in [-0.2, -0.15) is 0 Å². The minimum atomic E-state index is 0.355. The van der Waals surface area contributed by atoms with Crippen LogP contribution in [0.1, 0.15) is 61.2 Å². The Bertz CT molecular complexity index is 668. The predicted octanol–water partition coefficient (Wildman–Crippen LogP) is 4.52. The van der Waals surface area contributed by atoms with Gasteiger partial charge in [0, 0.05) is 17.5 Å². The molecule has 1 heterocycles. The van der Waals surface area contributed by atoms with Crippen LogP contribution in [-0.4, -0.2) is 9.55 Å². The highest BCUT2D eigenvalue weighted by molar-refractivity contribution is 5.77. The molecule has 3 nitrogen and oxygen atoms in total. The molecular weight excluding hydrogens is 258 g/mol. The highest BCUT2D eigenvalue weighted by Gasteiger charge is 2.32. The van der Waals surface area contributed by atoms with Gasteiger partial charge in [0.25, 0.3) is 0 Å². The summed E-state index contributed by atoms with van der Waals surface area (Å²) in [5.74, 6) is 2.60. The molecule has 1 aromatic carbocycles. The first kappa shape index (κ1) is 14.2. The third-order valence-corrected chi connectivity index (χ3v) is 4.35. The molecule has 0 aliphatic heterocycles. The molecule has 0 spiro atoms. The monoisotopic (exact) mass is 283 g/mol. The summed E-state index contributed by atoms with van der Waals surface area (Å²) in [6.45, 7) is 10.8. The van der Waals surface area contributed by atoms with Crippen molar-refractivity contribution >= 4 is 5.82 Å². The lowest BCUT2D eigenvalue weighted by molar-refractivity contribution is 0.576. The fourth-order valence-electron chi connectivity index (χ4n) is 3.37. The first-order valence-electron chi connectivity index (χ1n) is 7.86. The van der Waals surface area contributed by atoms with Gasteiger partial charge in [-0.15, -0.1) is 0 Å². The van der Waals surface area contributed by atoms with Crippen molar-refractivity contribution in [2.45, 2.75) is 59.4 Å². The molecule has 0 unspecified atom stereocenters. The summed E-state index contributed by atoms with van der Waals surface area (Å²) in [7, 11) is 0. The van der Waals surface area contributed by atoms with Crippen LogP contribution in [0.4, 0.5) is 5.82 Å². The van der Waals surface area contributed by atoms with E-state index in [-0.39, 0.29) is 0 Å². The number of hydrogen-bond acceptors (Lipinski definition) is 2. The van der Waals surface area contributed by atoms with E-state index < -0.39 is 0 Å². The molecule has 112 valence electrons. The SMILES string of the molecule is Cc1cc(C)c(-c2nc(C3CC3)n(C(C)C)c2N)c(C)c1. The van der Waals surface area contributed by atoms with Gasteiger partial charge in [0.15, 0.2) is 0 Å². The molecule has 21 heavy (non-hydrogen) atoms. The van der Waals surface area contributed by atoms with Crippen LogP contribution in [0.5, 0.6) is 0 Å². The molecule has 0 bridgehead atoms. The van der Waals surface area contributed by atoms with Gasteiger partial charge in [-0.1, -0.05) is 17.7 Å². The third-order valence-electron chi connectivity index (χ3n) is 4.35. The molecule has 3 heteroatoms. The molecule has 0 saturated heterocycles. The van der Waals surface area contributed by atoms with Gasteiger partial charge >= 0.3 is 0 Å². The minimum absolute atomic E-state index is 0.355. The van der Waals surface area contributed by atoms with E-state index in [1.807, 2.05) is 0 Å². The molecular formula is C18H25N3. The van der Waals surface area contributed by atoms with Gasteiger partial charge < -0.3 is 10.3 Å². The lowest BCUT2D eigenvalue weighted by atomic mass is 9.97. The van der Waals surface area contributed by atoms with Gasteiger partial charge in [0.2, 0.25) is 0 Å². The lowest BCUT2D eigenvalue weighted by Gasteiger charge is -2.14. The number of aromatic nitrogens is 2. The maximum atomic E-state index is 6.48. The van der Waals surface area contributed by atoms with Crippen molar-refractivity contribution in [3.05, 3.63) is 34.6 Å². The van der Waals surface area contributed by atoms with Crippen molar-refractivity contribution in [2.24, 2.45) is 0 Å². The zero-order valence-electron chi connectivity index (χ0n) is 13.7. The molecule has 3 rings (SSSR count). The average molecular weight is 283 g/mol. The molecule has 0 atom stereocenters. The summed E-state index contributed by atoms with van der Waals surface area (Å²) < 4.78 is 2.23. The van der Waals surface area contributed by atoms with Crippen molar-refractivity contribution < 1.29 is 0 Å². The minimum Gasteiger partial charge on any atom is -0.383 e. The number of hydrogen-bond donors (Lipinski definition) is 1. The number of imidazole rings is 1. The highest BCUT2D eigenvalue weighted by Crippen LogP contribution is 2.44. The molecule has 0 amide bonds. The molecule has 1 aromatic heterocycles. The van der Waals surface area contributed by atoms with Gasteiger partial charge in [0.1, 0.15) is 17.3 Å². The summed E-state index contributed by atoms with van der Waals surface area (Å²) >= 11 is 0. The number of nitrogens with two attached hydrogens (primary N) is 1. The van der Waals surface area contributed by atoms with Crippen LogP contribution in [-0.2, 0) is 0 Å². The fourth-order valence-corrected chi connectivity index (χ4v) is 3.37. The van der Waals surface area contributed by atoms with E-state index in [2.05, 4.69) is 51.3 Å². The Morgan fingerprint density at radius 2 is 1.71 bits per heavy atom. The molecule has 2 N–H and O–H groups in total. The van der Waals surface area contributed by atoms with Crippen LogP contribution in [0.25, 0.3) is 11.3 Å². The van der Waals surface area contributed by atoms with Gasteiger partial charge in [-0.3, -0.25) is 0 Å². The average Bonchev–Trinajstić information content (AvgIpc) is 3.14. The van der Waals surface area contributed by atoms with Crippen LogP contribution in [0, 0.1) is 20.8 Å². The van der Waals surface area contributed by atoms with E-state index >= 15 is 0 Å². The highest BCUT2D eigenvalue weighted by atomic mass is 15.2. The van der Waals surface area contributed by atoms with Crippen molar-refractivity contribution in [3.8, 4) is 11.3 Å². The van der Waals surface area contributed by atoms with E-state index in [1.165, 1.54) is 40.9 Å².